The van der Waals surface area contributed by atoms with Crippen LogP contribution < -0.4 is 5.32 Å². The van der Waals surface area contributed by atoms with E-state index in [1.54, 1.807) is 12.1 Å². The number of phenols is 1. The molecule has 3 rings (SSSR count). The number of hydrogen-bond donors (Lipinski definition) is 2. The molecule has 2 aromatic carbocycles. The van der Waals surface area contributed by atoms with Crippen molar-refractivity contribution in [1.29, 1.82) is 0 Å². The summed E-state index contributed by atoms with van der Waals surface area (Å²) in [6.45, 7) is 2.05. The van der Waals surface area contributed by atoms with Crippen LogP contribution in [0, 0.1) is 6.92 Å². The number of fused-ring (bicyclic) bond motifs is 1. The molecule has 2 N–H and O–H groups in total. The molecule has 0 bridgehead atoms. The Hall–Kier alpha value is -2.01. The molecule has 0 aliphatic rings. The molecule has 3 aromatic rings. The number of halogens is 1. The standard InChI is InChI=1S/C15H14BrN3O/c1-9-3-4-10(7-12(9)16)17-15-18-13-8-11(20)5-6-14(13)19(15)2/h3-8,20H,1-2H3,(H,17,18). The molecule has 102 valence electrons. The summed E-state index contributed by atoms with van der Waals surface area (Å²) in [6, 6.07) is 11.2. The second-order valence-electron chi connectivity index (χ2n) is 4.76. The molecule has 0 aliphatic heterocycles. The fraction of sp³-hybridized carbons (Fsp3) is 0.133. The van der Waals surface area contributed by atoms with Crippen LogP contribution in [0.1, 0.15) is 5.56 Å². The maximum Gasteiger partial charge on any atom is 0.208 e. The lowest BCUT2D eigenvalue weighted by Gasteiger charge is -2.07. The predicted molar refractivity (Wildman–Crippen MR) is 84.5 cm³/mol. The molecule has 0 saturated carbocycles. The molecule has 5 heteroatoms. The van der Waals surface area contributed by atoms with Crippen LogP contribution in [0.25, 0.3) is 11.0 Å². The highest BCUT2D eigenvalue weighted by molar-refractivity contribution is 9.10. The summed E-state index contributed by atoms with van der Waals surface area (Å²) < 4.78 is 3.02. The average molecular weight is 332 g/mol. The van der Waals surface area contributed by atoms with Crippen molar-refractivity contribution in [1.82, 2.24) is 9.55 Å². The Morgan fingerprint density at radius 2 is 2.00 bits per heavy atom. The quantitative estimate of drug-likeness (QED) is 0.743. The minimum absolute atomic E-state index is 0.222. The van der Waals surface area contributed by atoms with E-state index >= 15 is 0 Å². The van der Waals surface area contributed by atoms with Crippen molar-refractivity contribution < 1.29 is 5.11 Å². The monoisotopic (exact) mass is 331 g/mol. The Morgan fingerprint density at radius 1 is 1.20 bits per heavy atom. The molecule has 20 heavy (non-hydrogen) atoms. The smallest absolute Gasteiger partial charge is 0.208 e. The first kappa shape index (κ1) is 13.0. The molecular formula is C15H14BrN3O. The molecule has 4 nitrogen and oxygen atoms in total. The molecular weight excluding hydrogens is 318 g/mol. The van der Waals surface area contributed by atoms with Crippen molar-refractivity contribution in [2.75, 3.05) is 5.32 Å². The number of phenolic OH excluding ortho intramolecular Hbond substituents is 1. The van der Waals surface area contributed by atoms with E-state index in [9.17, 15) is 5.11 Å². The predicted octanol–water partition coefficient (Wildman–Crippen LogP) is 4.09. The second-order valence-corrected chi connectivity index (χ2v) is 5.61. The van der Waals surface area contributed by atoms with Crippen molar-refractivity contribution in [2.24, 2.45) is 7.05 Å². The van der Waals surface area contributed by atoms with E-state index in [-0.39, 0.29) is 5.75 Å². The Labute approximate surface area is 125 Å². The van der Waals surface area contributed by atoms with Crippen LogP contribution >= 0.6 is 15.9 Å². The van der Waals surface area contributed by atoms with Gasteiger partial charge in [-0.05, 0) is 36.8 Å². The lowest BCUT2D eigenvalue weighted by atomic mass is 10.2. The van der Waals surface area contributed by atoms with Crippen LogP contribution in [0.4, 0.5) is 11.6 Å². The number of imidazole rings is 1. The number of hydrogen-bond acceptors (Lipinski definition) is 3. The fourth-order valence-corrected chi connectivity index (χ4v) is 2.48. The van der Waals surface area contributed by atoms with Gasteiger partial charge in [0.05, 0.1) is 11.0 Å². The zero-order chi connectivity index (χ0) is 14.3. The Morgan fingerprint density at radius 3 is 2.75 bits per heavy atom. The topological polar surface area (TPSA) is 50.1 Å². The third-order valence-electron chi connectivity index (χ3n) is 3.29. The average Bonchev–Trinajstić information content (AvgIpc) is 2.70. The first-order valence-electron chi connectivity index (χ1n) is 6.23. The van der Waals surface area contributed by atoms with Crippen molar-refractivity contribution in [3.63, 3.8) is 0 Å². The van der Waals surface area contributed by atoms with Gasteiger partial charge in [0.15, 0.2) is 0 Å². The van der Waals surface area contributed by atoms with E-state index in [1.807, 2.05) is 42.8 Å². The molecule has 0 atom stereocenters. The number of aryl methyl sites for hydroxylation is 2. The zero-order valence-corrected chi connectivity index (χ0v) is 12.8. The van der Waals surface area contributed by atoms with E-state index in [4.69, 9.17) is 0 Å². The highest BCUT2D eigenvalue weighted by atomic mass is 79.9. The minimum atomic E-state index is 0.222. The maximum atomic E-state index is 9.51. The van der Waals surface area contributed by atoms with Gasteiger partial charge < -0.3 is 15.0 Å². The third kappa shape index (κ3) is 2.25. The fourth-order valence-electron chi connectivity index (χ4n) is 2.10. The number of rotatable bonds is 2. The van der Waals surface area contributed by atoms with E-state index < -0.39 is 0 Å². The van der Waals surface area contributed by atoms with Gasteiger partial charge in [0.1, 0.15) is 5.75 Å². The number of aromatic nitrogens is 2. The Bertz CT molecular complexity index is 795. The summed E-state index contributed by atoms with van der Waals surface area (Å²) in [4.78, 5) is 4.50. The lowest BCUT2D eigenvalue weighted by molar-refractivity contribution is 0.476. The normalized spacial score (nSPS) is 10.9. The summed E-state index contributed by atoms with van der Waals surface area (Å²) in [5, 5.41) is 12.8. The summed E-state index contributed by atoms with van der Waals surface area (Å²) in [5.74, 6) is 0.960. The molecule has 0 spiro atoms. The third-order valence-corrected chi connectivity index (χ3v) is 4.15. The van der Waals surface area contributed by atoms with E-state index in [1.165, 1.54) is 5.56 Å². The first-order valence-corrected chi connectivity index (χ1v) is 7.02. The Balaban J connectivity index is 2.02. The van der Waals surface area contributed by atoms with E-state index in [0.29, 0.717) is 0 Å². The molecule has 0 aliphatic carbocycles. The van der Waals surface area contributed by atoms with Crippen LogP contribution in [0.3, 0.4) is 0 Å². The second kappa shape index (κ2) is 4.83. The van der Waals surface area contributed by atoms with Gasteiger partial charge in [0.2, 0.25) is 5.95 Å². The zero-order valence-electron chi connectivity index (χ0n) is 11.2. The molecule has 0 unspecified atom stereocenters. The van der Waals surface area contributed by atoms with Gasteiger partial charge in [0.25, 0.3) is 0 Å². The molecule has 1 heterocycles. The van der Waals surface area contributed by atoms with Gasteiger partial charge in [-0.3, -0.25) is 0 Å². The van der Waals surface area contributed by atoms with Crippen LogP contribution in [0.15, 0.2) is 40.9 Å². The molecule has 0 fully saturated rings. The van der Waals surface area contributed by atoms with Crippen LogP contribution in [0.2, 0.25) is 0 Å². The largest absolute Gasteiger partial charge is 0.508 e. The number of anilines is 2. The summed E-state index contributed by atoms with van der Waals surface area (Å²) in [6.07, 6.45) is 0. The van der Waals surface area contributed by atoms with Gasteiger partial charge in [-0.15, -0.1) is 0 Å². The van der Waals surface area contributed by atoms with E-state index in [2.05, 4.69) is 26.2 Å². The molecule has 1 aromatic heterocycles. The highest BCUT2D eigenvalue weighted by Gasteiger charge is 2.08. The summed E-state index contributed by atoms with van der Waals surface area (Å²) in [5.41, 5.74) is 3.88. The van der Waals surface area contributed by atoms with Gasteiger partial charge in [-0.25, -0.2) is 4.98 Å². The van der Waals surface area contributed by atoms with Gasteiger partial charge in [0, 0.05) is 23.3 Å². The maximum absolute atomic E-state index is 9.51. The van der Waals surface area contributed by atoms with Crippen molar-refractivity contribution in [3.05, 3.63) is 46.4 Å². The van der Waals surface area contributed by atoms with E-state index in [0.717, 1.165) is 27.1 Å². The number of nitrogens with one attached hydrogen (secondary N) is 1. The summed E-state index contributed by atoms with van der Waals surface area (Å²) >= 11 is 3.52. The first-order chi connectivity index (χ1) is 9.54. The minimum Gasteiger partial charge on any atom is -0.508 e. The Kier molecular flexibility index (Phi) is 3.14. The number of nitrogens with zero attached hydrogens (tertiary/aromatic N) is 2. The van der Waals surface area contributed by atoms with Crippen molar-refractivity contribution >= 4 is 38.6 Å². The molecule has 0 radical (unpaired) electrons. The van der Waals surface area contributed by atoms with Gasteiger partial charge in [-0.1, -0.05) is 22.0 Å². The lowest BCUT2D eigenvalue weighted by Crippen LogP contribution is -1.99. The van der Waals surface area contributed by atoms with Gasteiger partial charge in [-0.2, -0.15) is 0 Å². The van der Waals surface area contributed by atoms with Crippen LogP contribution in [-0.2, 0) is 7.05 Å². The van der Waals surface area contributed by atoms with Crippen LogP contribution in [0.5, 0.6) is 5.75 Å². The molecule has 0 saturated heterocycles. The van der Waals surface area contributed by atoms with Crippen molar-refractivity contribution in [3.8, 4) is 5.75 Å². The highest BCUT2D eigenvalue weighted by Crippen LogP contribution is 2.26. The number of aromatic hydroxyl groups is 1. The number of benzene rings is 2. The molecule has 0 amide bonds. The van der Waals surface area contributed by atoms with Crippen LogP contribution in [-0.4, -0.2) is 14.7 Å². The summed E-state index contributed by atoms with van der Waals surface area (Å²) in [7, 11) is 1.94. The van der Waals surface area contributed by atoms with Gasteiger partial charge >= 0.3 is 0 Å². The SMILES string of the molecule is Cc1ccc(Nc2nc3cc(O)ccc3n2C)cc1Br. The van der Waals surface area contributed by atoms with Crippen molar-refractivity contribution in [2.45, 2.75) is 6.92 Å².